The molecule has 1 saturated heterocycles. The Labute approximate surface area is 139 Å². The normalized spacial score (nSPS) is 26.1. The van der Waals surface area contributed by atoms with E-state index in [4.69, 9.17) is 4.74 Å². The van der Waals surface area contributed by atoms with Crippen LogP contribution >= 0.6 is 0 Å². The second-order valence-electron chi connectivity index (χ2n) is 6.30. The number of para-hydroxylation sites is 2. The molecule has 1 fully saturated rings. The van der Waals surface area contributed by atoms with Crippen molar-refractivity contribution in [2.24, 2.45) is 5.92 Å². The minimum absolute atomic E-state index is 0.0351. The number of carboxylic acids is 1. The average Bonchev–Trinajstić information content (AvgIpc) is 2.55. The molecule has 2 N–H and O–H groups in total. The molecular formula is C17H20N2O5. The maximum atomic E-state index is 12.6. The van der Waals surface area contributed by atoms with Gasteiger partial charge in [-0.05, 0) is 31.9 Å². The topological polar surface area (TPSA) is 95.9 Å². The van der Waals surface area contributed by atoms with Crippen LogP contribution in [0.15, 0.2) is 24.3 Å². The van der Waals surface area contributed by atoms with Crippen LogP contribution in [0.3, 0.4) is 0 Å². The monoisotopic (exact) mass is 332 g/mol. The van der Waals surface area contributed by atoms with Crippen molar-refractivity contribution in [1.29, 1.82) is 0 Å². The van der Waals surface area contributed by atoms with Crippen LogP contribution in [-0.4, -0.2) is 46.5 Å². The van der Waals surface area contributed by atoms with Crippen LogP contribution in [0.5, 0.6) is 5.75 Å². The van der Waals surface area contributed by atoms with Gasteiger partial charge in [0.2, 0.25) is 5.91 Å². The quantitative estimate of drug-likeness (QED) is 0.874. The lowest BCUT2D eigenvalue weighted by Gasteiger charge is -2.37. The van der Waals surface area contributed by atoms with Crippen molar-refractivity contribution in [3.05, 3.63) is 24.3 Å². The highest BCUT2D eigenvalue weighted by molar-refractivity contribution is 6.00. The van der Waals surface area contributed by atoms with Gasteiger partial charge in [0.25, 0.3) is 5.91 Å². The molecule has 0 aliphatic carbocycles. The number of fused-ring (bicyclic) bond motifs is 1. The zero-order valence-corrected chi connectivity index (χ0v) is 13.4. The van der Waals surface area contributed by atoms with Crippen molar-refractivity contribution in [2.45, 2.75) is 38.3 Å². The molecule has 0 saturated carbocycles. The van der Waals surface area contributed by atoms with Crippen molar-refractivity contribution in [3.8, 4) is 5.75 Å². The van der Waals surface area contributed by atoms with Crippen LogP contribution in [0.2, 0.25) is 0 Å². The third kappa shape index (κ3) is 3.20. The van der Waals surface area contributed by atoms with Crippen LogP contribution in [-0.2, 0) is 14.4 Å². The molecule has 0 radical (unpaired) electrons. The van der Waals surface area contributed by atoms with Crippen molar-refractivity contribution >= 4 is 23.5 Å². The first-order valence-electron chi connectivity index (χ1n) is 8.04. The number of aliphatic carboxylic acids is 1. The summed E-state index contributed by atoms with van der Waals surface area (Å²) in [4.78, 5) is 37.4. The summed E-state index contributed by atoms with van der Waals surface area (Å²) in [7, 11) is 0. The summed E-state index contributed by atoms with van der Waals surface area (Å²) in [6, 6.07) is 7.01. The van der Waals surface area contributed by atoms with Gasteiger partial charge >= 0.3 is 5.97 Å². The van der Waals surface area contributed by atoms with Crippen molar-refractivity contribution in [2.75, 3.05) is 11.9 Å². The predicted octanol–water partition coefficient (Wildman–Crippen LogP) is 1.49. The molecule has 2 aliphatic heterocycles. The SMILES string of the molecule is CC1CCC(C(=O)O)CN1C(=O)CC1Oc2ccccc2NC1=O. The molecular weight excluding hydrogens is 312 g/mol. The lowest BCUT2D eigenvalue weighted by Crippen LogP contribution is -2.49. The van der Waals surface area contributed by atoms with E-state index >= 15 is 0 Å². The van der Waals surface area contributed by atoms with Gasteiger partial charge in [0.05, 0.1) is 18.0 Å². The Morgan fingerprint density at radius 2 is 2.08 bits per heavy atom. The number of nitrogens with zero attached hydrogens (tertiary/aromatic N) is 1. The number of likely N-dealkylation sites (tertiary alicyclic amines) is 1. The summed E-state index contributed by atoms with van der Waals surface area (Å²) in [5.41, 5.74) is 0.587. The second kappa shape index (κ2) is 6.51. The van der Waals surface area contributed by atoms with Gasteiger partial charge in [0.1, 0.15) is 5.75 Å². The number of ether oxygens (including phenoxy) is 1. The van der Waals surface area contributed by atoms with E-state index in [-0.39, 0.29) is 30.8 Å². The van der Waals surface area contributed by atoms with E-state index < -0.39 is 18.0 Å². The average molecular weight is 332 g/mol. The number of rotatable bonds is 3. The molecule has 128 valence electrons. The van der Waals surface area contributed by atoms with Gasteiger partial charge in [0, 0.05) is 12.6 Å². The zero-order chi connectivity index (χ0) is 17.3. The molecule has 0 spiro atoms. The molecule has 7 heteroatoms. The first-order valence-corrected chi connectivity index (χ1v) is 8.04. The Hall–Kier alpha value is -2.57. The van der Waals surface area contributed by atoms with Crippen molar-refractivity contribution in [1.82, 2.24) is 4.90 Å². The Balaban J connectivity index is 1.68. The molecule has 2 heterocycles. The third-order valence-corrected chi connectivity index (χ3v) is 4.62. The summed E-state index contributed by atoms with van der Waals surface area (Å²) in [5, 5.41) is 11.9. The van der Waals surface area contributed by atoms with Crippen LogP contribution in [0.25, 0.3) is 0 Å². The molecule has 0 aromatic heterocycles. The Morgan fingerprint density at radius 3 is 2.83 bits per heavy atom. The van der Waals surface area contributed by atoms with Gasteiger partial charge in [-0.3, -0.25) is 14.4 Å². The lowest BCUT2D eigenvalue weighted by molar-refractivity contribution is -0.148. The first-order chi connectivity index (χ1) is 11.5. The summed E-state index contributed by atoms with van der Waals surface area (Å²) < 4.78 is 5.64. The Morgan fingerprint density at radius 1 is 1.33 bits per heavy atom. The molecule has 7 nitrogen and oxygen atoms in total. The van der Waals surface area contributed by atoms with Crippen LogP contribution in [0, 0.1) is 5.92 Å². The van der Waals surface area contributed by atoms with Gasteiger partial charge in [-0.25, -0.2) is 0 Å². The van der Waals surface area contributed by atoms with Crippen LogP contribution in [0.4, 0.5) is 5.69 Å². The second-order valence-corrected chi connectivity index (χ2v) is 6.30. The van der Waals surface area contributed by atoms with Gasteiger partial charge in [0.15, 0.2) is 6.10 Å². The van der Waals surface area contributed by atoms with Crippen LogP contribution < -0.4 is 10.1 Å². The van der Waals surface area contributed by atoms with E-state index in [9.17, 15) is 19.5 Å². The summed E-state index contributed by atoms with van der Waals surface area (Å²) >= 11 is 0. The number of carboxylic acid groups (broad SMARTS) is 1. The molecule has 3 unspecified atom stereocenters. The lowest BCUT2D eigenvalue weighted by atomic mass is 9.93. The van der Waals surface area contributed by atoms with E-state index in [1.165, 1.54) is 0 Å². The maximum Gasteiger partial charge on any atom is 0.308 e. The van der Waals surface area contributed by atoms with E-state index in [1.807, 2.05) is 6.92 Å². The minimum Gasteiger partial charge on any atom is -0.481 e. The standard InChI is InChI=1S/C17H20N2O5/c1-10-6-7-11(17(22)23)9-19(10)15(20)8-14-16(21)18-12-4-2-3-5-13(12)24-14/h2-5,10-11,14H,6-9H2,1H3,(H,18,21)(H,22,23). The number of hydrogen-bond donors (Lipinski definition) is 2. The zero-order valence-electron chi connectivity index (χ0n) is 13.4. The van der Waals surface area contributed by atoms with Gasteiger partial charge in [-0.2, -0.15) is 0 Å². The molecule has 0 bridgehead atoms. The summed E-state index contributed by atoms with van der Waals surface area (Å²) in [5.74, 6) is -1.52. The number of piperidine rings is 1. The number of hydrogen-bond acceptors (Lipinski definition) is 4. The third-order valence-electron chi connectivity index (χ3n) is 4.62. The van der Waals surface area contributed by atoms with E-state index in [2.05, 4.69) is 5.32 Å². The van der Waals surface area contributed by atoms with Gasteiger partial charge in [-0.1, -0.05) is 12.1 Å². The maximum absolute atomic E-state index is 12.6. The number of carbonyl (C=O) groups excluding carboxylic acids is 2. The highest BCUT2D eigenvalue weighted by Gasteiger charge is 2.36. The fourth-order valence-electron chi connectivity index (χ4n) is 3.16. The number of anilines is 1. The molecule has 2 amide bonds. The number of amides is 2. The first kappa shape index (κ1) is 16.3. The van der Waals surface area contributed by atoms with E-state index in [0.29, 0.717) is 24.3 Å². The molecule has 1 aromatic carbocycles. The fraction of sp³-hybridized carbons (Fsp3) is 0.471. The smallest absolute Gasteiger partial charge is 0.308 e. The van der Waals surface area contributed by atoms with Gasteiger partial charge in [-0.15, -0.1) is 0 Å². The predicted molar refractivity (Wildman–Crippen MR) is 85.6 cm³/mol. The molecule has 1 aromatic rings. The molecule has 3 atom stereocenters. The number of nitrogens with one attached hydrogen (secondary N) is 1. The Bertz CT molecular complexity index is 675. The minimum atomic E-state index is -0.898. The highest BCUT2D eigenvalue weighted by Crippen LogP contribution is 2.30. The molecule has 3 rings (SSSR count). The van der Waals surface area contributed by atoms with Crippen LogP contribution in [0.1, 0.15) is 26.2 Å². The van der Waals surface area contributed by atoms with Crippen molar-refractivity contribution in [3.63, 3.8) is 0 Å². The Kier molecular flexibility index (Phi) is 4.42. The largest absolute Gasteiger partial charge is 0.481 e. The molecule has 24 heavy (non-hydrogen) atoms. The number of benzene rings is 1. The summed E-state index contributed by atoms with van der Waals surface area (Å²) in [6.45, 7) is 2.08. The van der Waals surface area contributed by atoms with Crippen molar-refractivity contribution < 1.29 is 24.2 Å². The summed E-state index contributed by atoms with van der Waals surface area (Å²) in [6.07, 6.45) is 0.207. The highest BCUT2D eigenvalue weighted by atomic mass is 16.5. The number of carbonyl (C=O) groups is 3. The van der Waals surface area contributed by atoms with E-state index in [0.717, 1.165) is 0 Å². The van der Waals surface area contributed by atoms with Gasteiger partial charge < -0.3 is 20.1 Å². The fourth-order valence-corrected chi connectivity index (χ4v) is 3.16. The molecule has 2 aliphatic rings. The van der Waals surface area contributed by atoms with E-state index in [1.54, 1.807) is 29.2 Å².